The fourth-order valence-corrected chi connectivity index (χ4v) is 3.61. The van der Waals surface area contributed by atoms with Gasteiger partial charge in [-0.15, -0.1) is 0 Å². The van der Waals surface area contributed by atoms with E-state index in [4.69, 9.17) is 4.74 Å². The van der Waals surface area contributed by atoms with Crippen molar-refractivity contribution in [2.24, 2.45) is 0 Å². The summed E-state index contributed by atoms with van der Waals surface area (Å²) in [7, 11) is -3.15. The molecule has 0 radical (unpaired) electrons. The second-order valence-corrected chi connectivity index (χ2v) is 7.78. The number of nitrogens with one attached hydrogen (secondary N) is 1. The van der Waals surface area contributed by atoms with E-state index in [-0.39, 0.29) is 11.6 Å². The fraction of sp³-hybridized carbons (Fsp3) is 0.692. The number of aromatic nitrogens is 2. The van der Waals surface area contributed by atoms with E-state index in [1.807, 2.05) is 0 Å². The Morgan fingerprint density at radius 3 is 2.62 bits per heavy atom. The molecule has 24 heavy (non-hydrogen) atoms. The van der Waals surface area contributed by atoms with Gasteiger partial charge in [0.1, 0.15) is 6.61 Å². The normalized spacial score (nSPS) is 19.1. The summed E-state index contributed by atoms with van der Waals surface area (Å²) in [6.45, 7) is 3.77. The summed E-state index contributed by atoms with van der Waals surface area (Å²) in [6, 6.07) is 0. The van der Waals surface area contributed by atoms with E-state index in [2.05, 4.69) is 15.3 Å². The van der Waals surface area contributed by atoms with Gasteiger partial charge in [-0.3, -0.25) is 9.69 Å². The summed E-state index contributed by atoms with van der Waals surface area (Å²) >= 11 is 0. The summed E-state index contributed by atoms with van der Waals surface area (Å²) < 4.78 is 44.7. The SMILES string of the molecule is CS(=O)(=O)N1CCN(CCNC(=O)c2nn3c(c2F)OCC3)CC1. The number of carbonyl (C=O) groups excluding carboxylic acids is 1. The molecule has 0 bridgehead atoms. The Kier molecular flexibility index (Phi) is 4.74. The van der Waals surface area contributed by atoms with E-state index in [0.717, 1.165) is 0 Å². The molecular weight excluding hydrogens is 341 g/mol. The summed E-state index contributed by atoms with van der Waals surface area (Å²) in [6.07, 6.45) is 1.20. The Morgan fingerprint density at radius 2 is 2.00 bits per heavy atom. The van der Waals surface area contributed by atoms with Gasteiger partial charge in [-0.1, -0.05) is 0 Å². The van der Waals surface area contributed by atoms with Crippen molar-refractivity contribution in [1.82, 2.24) is 24.3 Å². The predicted molar refractivity (Wildman–Crippen MR) is 82.9 cm³/mol. The first-order chi connectivity index (χ1) is 11.4. The third-order valence-electron chi connectivity index (χ3n) is 4.12. The van der Waals surface area contributed by atoms with Crippen LogP contribution in [0, 0.1) is 5.82 Å². The van der Waals surface area contributed by atoms with Crippen LogP contribution in [0.15, 0.2) is 0 Å². The van der Waals surface area contributed by atoms with Gasteiger partial charge in [0, 0.05) is 39.3 Å². The van der Waals surface area contributed by atoms with Gasteiger partial charge in [-0.25, -0.2) is 13.1 Å². The van der Waals surface area contributed by atoms with E-state index in [0.29, 0.717) is 52.4 Å². The Hall–Kier alpha value is -1.72. The predicted octanol–water partition coefficient (Wildman–Crippen LogP) is -1.28. The van der Waals surface area contributed by atoms with Gasteiger partial charge in [0.15, 0.2) is 5.69 Å². The van der Waals surface area contributed by atoms with Gasteiger partial charge < -0.3 is 10.1 Å². The quantitative estimate of drug-likeness (QED) is 0.702. The summed E-state index contributed by atoms with van der Waals surface area (Å²) in [5.74, 6) is -1.29. The number of piperazine rings is 1. The lowest BCUT2D eigenvalue weighted by Crippen LogP contribution is -2.49. The zero-order valence-corrected chi connectivity index (χ0v) is 14.2. The molecule has 134 valence electrons. The molecule has 0 spiro atoms. The molecule has 0 saturated carbocycles. The largest absolute Gasteiger partial charge is 0.474 e. The maximum Gasteiger partial charge on any atom is 0.275 e. The molecule has 11 heteroatoms. The number of sulfonamides is 1. The van der Waals surface area contributed by atoms with Crippen molar-refractivity contribution in [1.29, 1.82) is 0 Å². The standard InChI is InChI=1S/C13H20FN5O4S/c1-24(21,22)18-6-4-17(5-7-18)3-2-15-12(20)11-10(14)13-19(16-11)8-9-23-13/h2-9H2,1H3,(H,15,20). The van der Waals surface area contributed by atoms with Crippen molar-refractivity contribution in [2.75, 3.05) is 52.1 Å². The lowest BCUT2D eigenvalue weighted by atomic mass is 10.3. The maximum atomic E-state index is 14.0. The van der Waals surface area contributed by atoms with Gasteiger partial charge in [0.05, 0.1) is 12.8 Å². The van der Waals surface area contributed by atoms with E-state index >= 15 is 0 Å². The van der Waals surface area contributed by atoms with Gasteiger partial charge in [0.2, 0.25) is 21.7 Å². The number of rotatable bonds is 5. The lowest BCUT2D eigenvalue weighted by molar-refractivity contribution is 0.0934. The van der Waals surface area contributed by atoms with E-state index in [1.54, 1.807) is 0 Å². The highest BCUT2D eigenvalue weighted by atomic mass is 32.2. The van der Waals surface area contributed by atoms with Crippen molar-refractivity contribution in [3.05, 3.63) is 11.5 Å². The highest BCUT2D eigenvalue weighted by Crippen LogP contribution is 2.24. The first-order valence-electron chi connectivity index (χ1n) is 7.71. The van der Waals surface area contributed by atoms with Gasteiger partial charge in [-0.2, -0.15) is 13.8 Å². The van der Waals surface area contributed by atoms with Crippen LogP contribution >= 0.6 is 0 Å². The van der Waals surface area contributed by atoms with Crippen LogP contribution in [-0.2, 0) is 16.6 Å². The van der Waals surface area contributed by atoms with Crippen molar-refractivity contribution in [3.63, 3.8) is 0 Å². The monoisotopic (exact) mass is 361 g/mol. The number of hydrogen-bond donors (Lipinski definition) is 1. The molecule has 1 saturated heterocycles. The molecule has 1 aromatic rings. The molecule has 0 atom stereocenters. The van der Waals surface area contributed by atoms with Crippen molar-refractivity contribution < 1.29 is 22.3 Å². The zero-order valence-electron chi connectivity index (χ0n) is 13.4. The molecule has 2 aliphatic rings. The molecular formula is C13H20FN5O4S. The number of halogens is 1. The summed E-state index contributed by atoms with van der Waals surface area (Å²) in [5, 5.41) is 6.54. The molecule has 0 unspecified atom stereocenters. The van der Waals surface area contributed by atoms with Crippen molar-refractivity contribution in [2.45, 2.75) is 6.54 Å². The molecule has 1 aromatic heterocycles. The lowest BCUT2D eigenvalue weighted by Gasteiger charge is -2.33. The minimum atomic E-state index is -3.15. The second-order valence-electron chi connectivity index (χ2n) is 5.80. The van der Waals surface area contributed by atoms with Gasteiger partial charge in [-0.05, 0) is 0 Å². The highest BCUT2D eigenvalue weighted by molar-refractivity contribution is 7.88. The molecule has 2 aliphatic heterocycles. The van der Waals surface area contributed by atoms with E-state index in [9.17, 15) is 17.6 Å². The molecule has 3 rings (SSSR count). The Morgan fingerprint density at radius 1 is 1.29 bits per heavy atom. The number of fused-ring (bicyclic) bond motifs is 1. The number of amides is 1. The third-order valence-corrected chi connectivity index (χ3v) is 5.42. The van der Waals surface area contributed by atoms with Crippen LogP contribution in [0.4, 0.5) is 4.39 Å². The van der Waals surface area contributed by atoms with E-state index < -0.39 is 21.7 Å². The zero-order chi connectivity index (χ0) is 17.3. The molecule has 1 fully saturated rings. The third kappa shape index (κ3) is 3.52. The highest BCUT2D eigenvalue weighted by Gasteiger charge is 2.28. The average molecular weight is 361 g/mol. The van der Waals surface area contributed by atoms with Crippen LogP contribution in [0.2, 0.25) is 0 Å². The minimum absolute atomic E-state index is 0.0112. The van der Waals surface area contributed by atoms with Crippen LogP contribution in [-0.4, -0.2) is 85.4 Å². The smallest absolute Gasteiger partial charge is 0.275 e. The number of carbonyl (C=O) groups is 1. The fourth-order valence-electron chi connectivity index (χ4n) is 2.78. The molecule has 9 nitrogen and oxygen atoms in total. The minimum Gasteiger partial charge on any atom is -0.474 e. The van der Waals surface area contributed by atoms with E-state index in [1.165, 1.54) is 15.2 Å². The summed E-state index contributed by atoms with van der Waals surface area (Å²) in [5.41, 5.74) is -0.258. The van der Waals surface area contributed by atoms with Crippen LogP contribution in [0.5, 0.6) is 5.88 Å². The van der Waals surface area contributed by atoms with Crippen LogP contribution in [0.3, 0.4) is 0 Å². The van der Waals surface area contributed by atoms with Gasteiger partial charge in [0.25, 0.3) is 5.91 Å². The van der Waals surface area contributed by atoms with Crippen LogP contribution in [0.25, 0.3) is 0 Å². The molecule has 1 amide bonds. The Labute approximate surface area is 139 Å². The molecule has 3 heterocycles. The van der Waals surface area contributed by atoms with Crippen molar-refractivity contribution in [3.8, 4) is 5.88 Å². The summed E-state index contributed by atoms with van der Waals surface area (Å²) in [4.78, 5) is 14.1. The second kappa shape index (κ2) is 6.65. The molecule has 0 aromatic carbocycles. The number of ether oxygens (including phenoxy) is 1. The van der Waals surface area contributed by atoms with Crippen LogP contribution < -0.4 is 10.1 Å². The van der Waals surface area contributed by atoms with Crippen LogP contribution in [0.1, 0.15) is 10.5 Å². The Bertz CT molecular complexity index is 727. The molecule has 0 aliphatic carbocycles. The average Bonchev–Trinajstić information content (AvgIpc) is 3.10. The first-order valence-corrected chi connectivity index (χ1v) is 9.56. The van der Waals surface area contributed by atoms with Crippen molar-refractivity contribution >= 4 is 15.9 Å². The Balaban J connectivity index is 1.45. The molecule has 1 N–H and O–H groups in total. The maximum absolute atomic E-state index is 14.0. The number of nitrogens with zero attached hydrogens (tertiary/aromatic N) is 4. The topological polar surface area (TPSA) is 96.8 Å². The number of hydrogen-bond acceptors (Lipinski definition) is 6. The first kappa shape index (κ1) is 17.1. The van der Waals surface area contributed by atoms with Gasteiger partial charge >= 0.3 is 0 Å².